The van der Waals surface area contributed by atoms with E-state index >= 15 is 0 Å². The third-order valence-corrected chi connectivity index (χ3v) is 7.96. The Hall–Kier alpha value is -2.08. The molecule has 0 atom stereocenters. The number of ether oxygens (including phenoxy) is 1. The average Bonchev–Trinajstić information content (AvgIpc) is 3.57. The van der Waals surface area contributed by atoms with Crippen LogP contribution in [0.5, 0.6) is 0 Å². The number of anilines is 2. The molecule has 0 amide bonds. The molecule has 220 valence electrons. The van der Waals surface area contributed by atoms with Crippen LogP contribution in [0.25, 0.3) is 11.2 Å². The number of hydroxylamine groups is 2. The molecule has 13 heteroatoms. The third kappa shape index (κ3) is 8.22. The summed E-state index contributed by atoms with van der Waals surface area (Å²) in [5.74, 6) is 1.43. The number of unbranched alkanes of at least 4 members (excludes halogenated alkanes) is 1. The monoisotopic (exact) mass is 586 g/mol. The van der Waals surface area contributed by atoms with Crippen LogP contribution < -0.4 is 16.4 Å². The topological polar surface area (TPSA) is 132 Å². The molecule has 3 heterocycles. The highest BCUT2D eigenvalue weighted by molar-refractivity contribution is 5.86. The van der Waals surface area contributed by atoms with Crippen molar-refractivity contribution in [1.82, 2.24) is 24.6 Å². The number of aromatic nitrogens is 4. The lowest BCUT2D eigenvalue weighted by atomic mass is 9.92. The van der Waals surface area contributed by atoms with Crippen molar-refractivity contribution in [2.45, 2.75) is 108 Å². The number of fused-ring (bicyclic) bond motifs is 1. The first-order valence-electron chi connectivity index (χ1n) is 14.2. The fraction of sp³-hybridized carbons (Fsp3) is 0.769. The maximum atomic E-state index is 11.9. The minimum atomic E-state index is -0.616. The number of hydrogen-bond donors (Lipinski definition) is 3. The van der Waals surface area contributed by atoms with Crippen molar-refractivity contribution in [3.63, 3.8) is 0 Å². The summed E-state index contributed by atoms with van der Waals surface area (Å²) in [5.41, 5.74) is 7.83. The zero-order valence-corrected chi connectivity index (χ0v) is 24.5. The molecular weight excluding hydrogens is 543 g/mol. The Balaban J connectivity index is 0.00000210. The number of piperidine rings is 1. The van der Waals surface area contributed by atoms with Crippen molar-refractivity contribution in [2.75, 3.05) is 30.3 Å². The van der Waals surface area contributed by atoms with Gasteiger partial charge in [0, 0.05) is 37.3 Å². The second-order valence-electron chi connectivity index (χ2n) is 10.8. The normalized spacial score (nSPS) is 22.6. The zero-order chi connectivity index (χ0) is 25.6. The molecule has 0 aromatic carbocycles. The van der Waals surface area contributed by atoms with Crippen LogP contribution in [0.2, 0.25) is 0 Å². The quantitative estimate of drug-likeness (QED) is 0.265. The van der Waals surface area contributed by atoms with Crippen molar-refractivity contribution in [1.29, 1.82) is 0 Å². The molecule has 2 aliphatic carbocycles. The fourth-order valence-corrected chi connectivity index (χ4v) is 5.69. The molecule has 39 heavy (non-hydrogen) atoms. The molecule has 0 radical (unpaired) electrons. The van der Waals surface area contributed by atoms with Crippen molar-refractivity contribution in [3.05, 3.63) is 6.33 Å². The van der Waals surface area contributed by atoms with Crippen molar-refractivity contribution < 1.29 is 14.4 Å². The van der Waals surface area contributed by atoms with Gasteiger partial charge in [0.05, 0.1) is 12.9 Å². The highest BCUT2D eigenvalue weighted by Gasteiger charge is 2.27. The fourth-order valence-electron chi connectivity index (χ4n) is 5.69. The molecule has 2 aromatic heterocycles. The second kappa shape index (κ2) is 15.1. The van der Waals surface area contributed by atoms with E-state index in [-0.39, 0.29) is 30.9 Å². The Kier molecular flexibility index (Phi) is 12.1. The summed E-state index contributed by atoms with van der Waals surface area (Å²) in [6.45, 7) is 3.73. The van der Waals surface area contributed by atoms with Gasteiger partial charge in [-0.05, 0) is 57.8 Å². The number of nitrogens with zero attached hydrogens (tertiary/aromatic N) is 5. The van der Waals surface area contributed by atoms with Gasteiger partial charge in [-0.3, -0.25) is 0 Å². The van der Waals surface area contributed by atoms with Crippen LogP contribution >= 0.6 is 24.8 Å². The zero-order valence-electron chi connectivity index (χ0n) is 22.8. The van der Waals surface area contributed by atoms with Crippen LogP contribution in [0.4, 0.5) is 16.6 Å². The van der Waals surface area contributed by atoms with Crippen LogP contribution in [0.1, 0.15) is 90.0 Å². The molecule has 2 aromatic rings. The van der Waals surface area contributed by atoms with E-state index in [1.165, 1.54) is 25.7 Å². The van der Waals surface area contributed by atoms with Crippen LogP contribution in [-0.2, 0) is 9.57 Å². The Morgan fingerprint density at radius 2 is 1.69 bits per heavy atom. The van der Waals surface area contributed by atoms with Gasteiger partial charge >= 0.3 is 6.16 Å². The molecule has 0 spiro atoms. The summed E-state index contributed by atoms with van der Waals surface area (Å²) in [6, 6.07) is 1.29. The predicted molar refractivity (Wildman–Crippen MR) is 157 cm³/mol. The maximum absolute atomic E-state index is 11.9. The number of imidazole rings is 1. The predicted octanol–water partition coefficient (Wildman–Crippen LogP) is 5.21. The molecule has 1 saturated heterocycles. The number of nitrogens with two attached hydrogens (primary N) is 1. The number of carbonyl (C=O) groups excluding carboxylic acids is 1. The van der Waals surface area contributed by atoms with E-state index in [1.54, 1.807) is 5.06 Å². The first-order valence-corrected chi connectivity index (χ1v) is 14.2. The maximum Gasteiger partial charge on any atom is 0.527 e. The Morgan fingerprint density at radius 3 is 2.38 bits per heavy atom. The molecular formula is C26H44Cl2N8O3. The molecule has 2 saturated carbocycles. The highest BCUT2D eigenvalue weighted by atomic mass is 35.5. The van der Waals surface area contributed by atoms with Crippen molar-refractivity contribution in [2.24, 2.45) is 5.73 Å². The van der Waals surface area contributed by atoms with E-state index in [9.17, 15) is 4.79 Å². The lowest BCUT2D eigenvalue weighted by Crippen LogP contribution is -2.40. The van der Waals surface area contributed by atoms with E-state index in [0.717, 1.165) is 68.3 Å². The number of hydrogen-bond acceptors (Lipinski definition) is 10. The number of rotatable bonds is 9. The van der Waals surface area contributed by atoms with Crippen molar-refractivity contribution in [3.8, 4) is 0 Å². The first-order chi connectivity index (χ1) is 18.1. The molecule has 0 bridgehead atoms. The van der Waals surface area contributed by atoms with Gasteiger partial charge in [0.25, 0.3) is 0 Å². The van der Waals surface area contributed by atoms with Gasteiger partial charge in [-0.1, -0.05) is 26.2 Å². The average molecular weight is 588 g/mol. The van der Waals surface area contributed by atoms with E-state index in [2.05, 4.69) is 22.1 Å². The van der Waals surface area contributed by atoms with E-state index in [1.807, 2.05) is 6.33 Å². The number of halogens is 2. The van der Waals surface area contributed by atoms with Gasteiger partial charge in [0.2, 0.25) is 5.95 Å². The third-order valence-electron chi connectivity index (χ3n) is 7.96. The smallest absolute Gasteiger partial charge is 0.433 e. The van der Waals surface area contributed by atoms with Gasteiger partial charge in [0.15, 0.2) is 17.0 Å². The minimum Gasteiger partial charge on any atom is -0.433 e. The minimum absolute atomic E-state index is 0. The first kappa shape index (κ1) is 31.4. The second-order valence-corrected chi connectivity index (χ2v) is 10.8. The molecule has 1 aliphatic heterocycles. The van der Waals surface area contributed by atoms with E-state index < -0.39 is 6.16 Å². The molecule has 4 N–H and O–H groups in total. The van der Waals surface area contributed by atoms with Gasteiger partial charge in [-0.15, -0.1) is 29.9 Å². The van der Waals surface area contributed by atoms with Crippen LogP contribution in [-0.4, -0.2) is 68.6 Å². The molecule has 3 aliphatic rings. The van der Waals surface area contributed by atoms with Gasteiger partial charge in [-0.2, -0.15) is 9.97 Å². The largest absolute Gasteiger partial charge is 0.527 e. The van der Waals surface area contributed by atoms with Crippen LogP contribution in [0.3, 0.4) is 0 Å². The number of carbonyl (C=O) groups is 1. The summed E-state index contributed by atoms with van der Waals surface area (Å²) in [4.78, 5) is 31.9. The summed E-state index contributed by atoms with van der Waals surface area (Å²) < 4.78 is 7.37. The molecule has 3 fully saturated rings. The SMILES string of the molecule is CCCCOC(=O)ON1CCC(Nc2nc(N[C@H]3CC[C@H](N)CC3)nc3c2ncn3C2CCCC2)CC1.Cl.Cl. The molecule has 0 unspecified atom stereocenters. The van der Waals surface area contributed by atoms with E-state index in [4.69, 9.17) is 30.3 Å². The van der Waals surface area contributed by atoms with Gasteiger partial charge in [0.1, 0.15) is 0 Å². The van der Waals surface area contributed by atoms with Crippen molar-refractivity contribution >= 4 is 53.9 Å². The van der Waals surface area contributed by atoms with Gasteiger partial charge < -0.3 is 30.5 Å². The lowest BCUT2D eigenvalue weighted by Gasteiger charge is -2.31. The lowest BCUT2D eigenvalue weighted by molar-refractivity contribution is -0.138. The van der Waals surface area contributed by atoms with Crippen LogP contribution in [0.15, 0.2) is 6.33 Å². The Morgan fingerprint density at radius 1 is 1.00 bits per heavy atom. The standard InChI is InChI=1S/C26H42N8O3.2ClH/c1-2-3-16-36-26(35)37-33-14-12-20(13-15-33)29-23-22-24(34(17-28-22)21-6-4-5-7-21)32-25(31-23)30-19-10-8-18(27)9-11-19;;/h17-21H,2-16,27H2,1H3,(H2,29,30,31,32);2*1H/t18-,19-;;. The van der Waals surface area contributed by atoms with Crippen LogP contribution in [0, 0.1) is 0 Å². The molecule has 11 nitrogen and oxygen atoms in total. The summed E-state index contributed by atoms with van der Waals surface area (Å²) in [7, 11) is 0. The summed E-state index contributed by atoms with van der Waals surface area (Å²) in [6.07, 6.45) is 13.7. The van der Waals surface area contributed by atoms with E-state index in [0.29, 0.717) is 43.8 Å². The number of nitrogens with one attached hydrogen (secondary N) is 2. The summed E-state index contributed by atoms with van der Waals surface area (Å²) >= 11 is 0. The Labute approximate surface area is 243 Å². The highest BCUT2D eigenvalue weighted by Crippen LogP contribution is 2.34. The van der Waals surface area contributed by atoms with Gasteiger partial charge in [-0.25, -0.2) is 9.78 Å². The summed E-state index contributed by atoms with van der Waals surface area (Å²) in [5, 5.41) is 8.92. The molecule has 5 rings (SSSR count). The Bertz CT molecular complexity index is 1040.